The van der Waals surface area contributed by atoms with E-state index in [4.69, 9.17) is 10.8 Å². The number of carboxylic acids is 1. The molecule has 0 aromatic rings. The molecule has 0 radical (unpaired) electrons. The predicted molar refractivity (Wildman–Crippen MR) is 48.8 cm³/mol. The van der Waals surface area contributed by atoms with Crippen molar-refractivity contribution >= 4 is 5.97 Å². The van der Waals surface area contributed by atoms with E-state index in [2.05, 4.69) is 13.8 Å². The summed E-state index contributed by atoms with van der Waals surface area (Å²) < 4.78 is 0. The molecule has 0 heterocycles. The van der Waals surface area contributed by atoms with E-state index in [1.54, 1.807) is 6.92 Å². The molecule has 1 unspecified atom stereocenters. The predicted octanol–water partition coefficient (Wildman–Crippen LogP) is 1.33. The first-order chi connectivity index (χ1) is 5.49. The minimum atomic E-state index is -0.744. The summed E-state index contributed by atoms with van der Waals surface area (Å²) in [7, 11) is 0. The molecule has 0 amide bonds. The lowest BCUT2D eigenvalue weighted by molar-refractivity contribution is -0.143. The second-order valence-corrected chi connectivity index (χ2v) is 3.75. The van der Waals surface area contributed by atoms with Gasteiger partial charge in [0.2, 0.25) is 0 Å². The Labute approximate surface area is 74.0 Å². The van der Waals surface area contributed by atoms with Crippen LogP contribution in [0.5, 0.6) is 0 Å². The van der Waals surface area contributed by atoms with E-state index < -0.39 is 5.97 Å². The molecule has 3 N–H and O–H groups in total. The number of carbonyl (C=O) groups is 1. The van der Waals surface area contributed by atoms with Crippen molar-refractivity contribution in [3.8, 4) is 0 Å². The summed E-state index contributed by atoms with van der Waals surface area (Å²) in [6, 6.07) is 0. The van der Waals surface area contributed by atoms with Gasteiger partial charge in [-0.15, -0.1) is 0 Å². The summed E-state index contributed by atoms with van der Waals surface area (Å²) >= 11 is 0. The fourth-order valence-electron chi connectivity index (χ4n) is 1.31. The summed E-state index contributed by atoms with van der Waals surface area (Å²) in [6.45, 7) is 6.35. The normalized spacial score (nSPS) is 16.1. The molecule has 0 fully saturated rings. The Morgan fingerprint density at radius 2 is 1.92 bits per heavy atom. The van der Waals surface area contributed by atoms with E-state index >= 15 is 0 Å². The number of rotatable bonds is 5. The van der Waals surface area contributed by atoms with Crippen LogP contribution in [0.2, 0.25) is 0 Å². The fraction of sp³-hybridized carbons (Fsp3) is 0.889. The quantitative estimate of drug-likeness (QED) is 0.659. The van der Waals surface area contributed by atoms with Gasteiger partial charge in [0.15, 0.2) is 0 Å². The van der Waals surface area contributed by atoms with Crippen LogP contribution in [0.3, 0.4) is 0 Å². The van der Waals surface area contributed by atoms with Crippen molar-refractivity contribution in [2.45, 2.75) is 27.2 Å². The topological polar surface area (TPSA) is 63.3 Å². The van der Waals surface area contributed by atoms with Gasteiger partial charge in [-0.05, 0) is 24.8 Å². The van der Waals surface area contributed by atoms with E-state index in [-0.39, 0.29) is 11.8 Å². The Morgan fingerprint density at radius 1 is 1.42 bits per heavy atom. The van der Waals surface area contributed by atoms with Crippen molar-refractivity contribution < 1.29 is 9.90 Å². The second-order valence-electron chi connectivity index (χ2n) is 3.75. The maximum absolute atomic E-state index is 10.6. The van der Waals surface area contributed by atoms with Crippen molar-refractivity contribution in [3.63, 3.8) is 0 Å². The standard InChI is InChI=1S/C9H19NO2/c1-6(2)4-8(5-10)7(3)9(11)12/h6-8H,4-5,10H2,1-3H3,(H,11,12)/t7?,8-/m1/s1. The maximum Gasteiger partial charge on any atom is 0.306 e. The number of aliphatic carboxylic acids is 1. The molecule has 2 atom stereocenters. The first-order valence-corrected chi connectivity index (χ1v) is 4.41. The molecule has 0 rings (SSSR count). The average molecular weight is 173 g/mol. The van der Waals surface area contributed by atoms with Gasteiger partial charge < -0.3 is 10.8 Å². The summed E-state index contributed by atoms with van der Waals surface area (Å²) in [5.41, 5.74) is 5.50. The van der Waals surface area contributed by atoms with Crippen molar-refractivity contribution in [1.29, 1.82) is 0 Å². The molecule has 0 aromatic carbocycles. The molecule has 0 bridgehead atoms. The number of hydrogen-bond donors (Lipinski definition) is 2. The zero-order valence-corrected chi connectivity index (χ0v) is 8.08. The van der Waals surface area contributed by atoms with Gasteiger partial charge in [-0.3, -0.25) is 4.79 Å². The molecular weight excluding hydrogens is 154 g/mol. The average Bonchev–Trinajstić information content (AvgIpc) is 1.98. The van der Waals surface area contributed by atoms with Crippen molar-refractivity contribution in [1.82, 2.24) is 0 Å². The van der Waals surface area contributed by atoms with E-state index in [9.17, 15) is 4.79 Å². The third-order valence-electron chi connectivity index (χ3n) is 2.17. The van der Waals surface area contributed by atoms with Gasteiger partial charge >= 0.3 is 5.97 Å². The molecule has 0 saturated carbocycles. The van der Waals surface area contributed by atoms with Crippen LogP contribution in [0, 0.1) is 17.8 Å². The number of hydrogen-bond acceptors (Lipinski definition) is 2. The lowest BCUT2D eigenvalue weighted by Gasteiger charge is -2.20. The highest BCUT2D eigenvalue weighted by molar-refractivity contribution is 5.69. The minimum absolute atomic E-state index is 0.113. The van der Waals surface area contributed by atoms with Crippen LogP contribution in [0.15, 0.2) is 0 Å². The minimum Gasteiger partial charge on any atom is -0.481 e. The third-order valence-corrected chi connectivity index (χ3v) is 2.17. The second kappa shape index (κ2) is 5.14. The van der Waals surface area contributed by atoms with E-state index in [1.165, 1.54) is 0 Å². The highest BCUT2D eigenvalue weighted by Crippen LogP contribution is 2.19. The maximum atomic E-state index is 10.6. The summed E-state index contributed by atoms with van der Waals surface area (Å²) in [6.07, 6.45) is 0.893. The van der Waals surface area contributed by atoms with Crippen LogP contribution in [0.1, 0.15) is 27.2 Å². The van der Waals surface area contributed by atoms with Crippen molar-refractivity contribution in [2.75, 3.05) is 6.54 Å². The third kappa shape index (κ3) is 3.72. The lowest BCUT2D eigenvalue weighted by atomic mass is 9.87. The molecule has 72 valence electrons. The Hall–Kier alpha value is -0.570. The Bertz CT molecular complexity index is 145. The molecule has 3 heteroatoms. The molecular formula is C9H19NO2. The zero-order chi connectivity index (χ0) is 9.72. The van der Waals surface area contributed by atoms with E-state index in [1.807, 2.05) is 0 Å². The number of carboxylic acid groups (broad SMARTS) is 1. The lowest BCUT2D eigenvalue weighted by Crippen LogP contribution is -2.28. The van der Waals surface area contributed by atoms with Gasteiger partial charge in [0.25, 0.3) is 0 Å². The highest BCUT2D eigenvalue weighted by Gasteiger charge is 2.22. The van der Waals surface area contributed by atoms with Crippen LogP contribution in [-0.2, 0) is 4.79 Å². The molecule has 0 aliphatic rings. The largest absolute Gasteiger partial charge is 0.481 e. The molecule has 12 heavy (non-hydrogen) atoms. The van der Waals surface area contributed by atoms with Gasteiger partial charge in [-0.2, -0.15) is 0 Å². The first kappa shape index (κ1) is 11.4. The van der Waals surface area contributed by atoms with Gasteiger partial charge in [0.05, 0.1) is 5.92 Å². The van der Waals surface area contributed by atoms with Gasteiger partial charge in [-0.1, -0.05) is 20.8 Å². The molecule has 3 nitrogen and oxygen atoms in total. The van der Waals surface area contributed by atoms with Crippen LogP contribution in [0.4, 0.5) is 0 Å². The van der Waals surface area contributed by atoms with Crippen LogP contribution in [-0.4, -0.2) is 17.6 Å². The Kier molecular flexibility index (Phi) is 4.90. The van der Waals surface area contributed by atoms with E-state index in [0.717, 1.165) is 6.42 Å². The summed E-state index contributed by atoms with van der Waals surface area (Å²) in [5, 5.41) is 8.74. The monoisotopic (exact) mass is 173 g/mol. The summed E-state index contributed by atoms with van der Waals surface area (Å²) in [5.74, 6) is -0.439. The smallest absolute Gasteiger partial charge is 0.306 e. The van der Waals surface area contributed by atoms with Gasteiger partial charge in [-0.25, -0.2) is 0 Å². The highest BCUT2D eigenvalue weighted by atomic mass is 16.4. The number of nitrogens with two attached hydrogens (primary N) is 1. The van der Waals surface area contributed by atoms with E-state index in [0.29, 0.717) is 12.5 Å². The van der Waals surface area contributed by atoms with Crippen molar-refractivity contribution in [2.24, 2.45) is 23.5 Å². The molecule has 0 saturated heterocycles. The van der Waals surface area contributed by atoms with Crippen LogP contribution < -0.4 is 5.73 Å². The van der Waals surface area contributed by atoms with Crippen LogP contribution >= 0.6 is 0 Å². The zero-order valence-electron chi connectivity index (χ0n) is 8.08. The Morgan fingerprint density at radius 3 is 2.17 bits per heavy atom. The first-order valence-electron chi connectivity index (χ1n) is 4.41. The van der Waals surface area contributed by atoms with Gasteiger partial charge in [0.1, 0.15) is 0 Å². The fourth-order valence-corrected chi connectivity index (χ4v) is 1.31. The molecule has 0 aliphatic carbocycles. The molecule has 0 aliphatic heterocycles. The Balaban J connectivity index is 4.05. The molecule has 0 spiro atoms. The molecule has 0 aromatic heterocycles. The SMILES string of the molecule is CC(C)C[C@H](CN)C(C)C(=O)O. The summed E-state index contributed by atoms with van der Waals surface area (Å²) in [4.78, 5) is 10.6. The van der Waals surface area contributed by atoms with Crippen LogP contribution in [0.25, 0.3) is 0 Å². The van der Waals surface area contributed by atoms with Crippen molar-refractivity contribution in [3.05, 3.63) is 0 Å². The van der Waals surface area contributed by atoms with Gasteiger partial charge in [0, 0.05) is 0 Å².